The fraction of sp³-hybridized carbons (Fsp3) is 0.579. The van der Waals surface area contributed by atoms with Crippen molar-refractivity contribution in [2.24, 2.45) is 0 Å². The van der Waals surface area contributed by atoms with Crippen LogP contribution in [-0.4, -0.2) is 39.5 Å². The van der Waals surface area contributed by atoms with E-state index in [0.29, 0.717) is 16.5 Å². The number of hydrogen-bond acceptors (Lipinski definition) is 7. The molecule has 1 amide bonds. The van der Waals surface area contributed by atoms with E-state index in [4.69, 9.17) is 4.74 Å². The molecule has 3 rings (SSSR count). The Balaban J connectivity index is 1.67. The third-order valence-corrected chi connectivity index (χ3v) is 7.23. The topological polar surface area (TPSA) is 86.1 Å². The number of carbonyl (C=O) groups is 2. The van der Waals surface area contributed by atoms with Crippen molar-refractivity contribution >= 4 is 40.0 Å². The highest BCUT2D eigenvalue weighted by Gasteiger charge is 2.25. The Morgan fingerprint density at radius 2 is 2.00 bits per heavy atom. The molecule has 2 aromatic rings. The van der Waals surface area contributed by atoms with Crippen molar-refractivity contribution < 1.29 is 14.3 Å². The van der Waals surface area contributed by atoms with Crippen LogP contribution in [0.15, 0.2) is 5.16 Å². The second-order valence-electron chi connectivity index (χ2n) is 6.88. The Morgan fingerprint density at radius 1 is 1.29 bits per heavy atom. The molecule has 28 heavy (non-hydrogen) atoms. The van der Waals surface area contributed by atoms with E-state index in [-0.39, 0.29) is 11.7 Å². The summed E-state index contributed by atoms with van der Waals surface area (Å²) in [5, 5.41) is 12.9. The van der Waals surface area contributed by atoms with E-state index in [2.05, 4.69) is 27.0 Å². The molecule has 0 bridgehead atoms. The number of ether oxygens (including phenoxy) is 1. The first-order valence-electron chi connectivity index (χ1n) is 9.50. The van der Waals surface area contributed by atoms with Crippen molar-refractivity contribution in [3.05, 3.63) is 21.8 Å². The standard InChI is InChI=1S/C19H26N4O3S2/c1-5-23-16(13-8-6-7-9-13)21-22-19(23)27-10-14(24)20-17-15(18(25)26-4)11(2)12(3)28-17/h13H,5-10H2,1-4H3,(H,20,24). The number of amides is 1. The van der Waals surface area contributed by atoms with Gasteiger partial charge < -0.3 is 14.6 Å². The Bertz CT molecular complexity index is 869. The molecule has 0 atom stereocenters. The van der Waals surface area contributed by atoms with E-state index in [1.165, 1.54) is 43.1 Å². The van der Waals surface area contributed by atoms with Gasteiger partial charge in [-0.3, -0.25) is 4.79 Å². The summed E-state index contributed by atoms with van der Waals surface area (Å²) in [5.74, 6) is 1.12. The fourth-order valence-electron chi connectivity index (χ4n) is 3.55. The van der Waals surface area contributed by atoms with Crippen LogP contribution in [0.25, 0.3) is 0 Å². The predicted molar refractivity (Wildman–Crippen MR) is 111 cm³/mol. The van der Waals surface area contributed by atoms with E-state index in [0.717, 1.165) is 40.8 Å². The lowest BCUT2D eigenvalue weighted by Gasteiger charge is -2.11. The zero-order valence-electron chi connectivity index (χ0n) is 16.7. The second-order valence-corrected chi connectivity index (χ2v) is 9.05. The van der Waals surface area contributed by atoms with Crippen molar-refractivity contribution in [3.8, 4) is 0 Å². The summed E-state index contributed by atoms with van der Waals surface area (Å²) in [7, 11) is 1.34. The van der Waals surface area contributed by atoms with E-state index in [1.54, 1.807) is 0 Å². The molecule has 2 aromatic heterocycles. The first kappa shape index (κ1) is 20.9. The average molecular weight is 423 g/mol. The van der Waals surface area contributed by atoms with Crippen molar-refractivity contribution in [1.82, 2.24) is 14.8 Å². The monoisotopic (exact) mass is 422 g/mol. The Morgan fingerprint density at radius 3 is 2.64 bits per heavy atom. The second kappa shape index (κ2) is 9.09. The van der Waals surface area contributed by atoms with E-state index >= 15 is 0 Å². The minimum atomic E-state index is -0.434. The lowest BCUT2D eigenvalue weighted by atomic mass is 10.1. The number of methoxy groups -OCH3 is 1. The van der Waals surface area contributed by atoms with Gasteiger partial charge in [-0.1, -0.05) is 24.6 Å². The fourth-order valence-corrected chi connectivity index (χ4v) is 5.42. The van der Waals surface area contributed by atoms with Gasteiger partial charge in [0, 0.05) is 17.3 Å². The summed E-state index contributed by atoms with van der Waals surface area (Å²) in [6, 6.07) is 0. The molecule has 1 N–H and O–H groups in total. The summed E-state index contributed by atoms with van der Waals surface area (Å²) in [6.45, 7) is 6.65. The molecule has 0 spiro atoms. The first-order chi connectivity index (χ1) is 13.5. The lowest BCUT2D eigenvalue weighted by Crippen LogP contribution is -2.16. The SMILES string of the molecule is CCn1c(SCC(=O)Nc2sc(C)c(C)c2C(=O)OC)nnc1C1CCCC1. The average Bonchev–Trinajstić information content (AvgIpc) is 3.39. The van der Waals surface area contributed by atoms with Crippen molar-refractivity contribution in [3.63, 3.8) is 0 Å². The van der Waals surface area contributed by atoms with E-state index in [9.17, 15) is 9.59 Å². The van der Waals surface area contributed by atoms with E-state index < -0.39 is 5.97 Å². The summed E-state index contributed by atoms with van der Waals surface area (Å²) in [6.07, 6.45) is 4.82. The molecule has 9 heteroatoms. The van der Waals surface area contributed by atoms with Crippen LogP contribution in [0.5, 0.6) is 0 Å². The zero-order chi connectivity index (χ0) is 20.3. The van der Waals surface area contributed by atoms with Gasteiger partial charge in [0.25, 0.3) is 0 Å². The van der Waals surface area contributed by atoms with Gasteiger partial charge in [0.1, 0.15) is 10.8 Å². The molecular formula is C19H26N4O3S2. The molecule has 1 saturated carbocycles. The highest BCUT2D eigenvalue weighted by Crippen LogP contribution is 2.35. The molecule has 2 heterocycles. The quantitative estimate of drug-likeness (QED) is 0.533. The molecule has 0 aliphatic heterocycles. The number of carbonyl (C=O) groups excluding carboxylic acids is 2. The molecule has 0 saturated heterocycles. The number of aryl methyl sites for hydroxylation is 1. The van der Waals surface area contributed by atoms with Crippen LogP contribution < -0.4 is 5.32 Å². The largest absolute Gasteiger partial charge is 0.465 e. The molecule has 0 unspecified atom stereocenters. The van der Waals surface area contributed by atoms with Crippen LogP contribution in [0.1, 0.15) is 65.1 Å². The Hall–Kier alpha value is -1.87. The smallest absolute Gasteiger partial charge is 0.341 e. The number of anilines is 1. The maximum Gasteiger partial charge on any atom is 0.341 e. The number of aromatic nitrogens is 3. The van der Waals surface area contributed by atoms with Gasteiger partial charge in [-0.05, 0) is 39.2 Å². The van der Waals surface area contributed by atoms with Gasteiger partial charge in [0.15, 0.2) is 5.16 Å². The molecular weight excluding hydrogens is 396 g/mol. The van der Waals surface area contributed by atoms with Crippen LogP contribution in [0.2, 0.25) is 0 Å². The minimum Gasteiger partial charge on any atom is -0.465 e. The molecule has 7 nitrogen and oxygen atoms in total. The Labute approximate surface area is 173 Å². The van der Waals surface area contributed by atoms with Gasteiger partial charge in [0.2, 0.25) is 5.91 Å². The molecule has 1 aliphatic carbocycles. The molecule has 1 fully saturated rings. The number of thiophene rings is 1. The summed E-state index contributed by atoms with van der Waals surface area (Å²) >= 11 is 2.76. The highest BCUT2D eigenvalue weighted by atomic mass is 32.2. The number of esters is 1. The zero-order valence-corrected chi connectivity index (χ0v) is 18.3. The van der Waals surface area contributed by atoms with Gasteiger partial charge in [-0.2, -0.15) is 0 Å². The third-order valence-electron chi connectivity index (χ3n) is 5.14. The molecule has 0 radical (unpaired) electrons. The number of rotatable bonds is 7. The molecule has 152 valence electrons. The number of hydrogen-bond donors (Lipinski definition) is 1. The third kappa shape index (κ3) is 4.25. The van der Waals surface area contributed by atoms with Crippen LogP contribution in [0, 0.1) is 13.8 Å². The highest BCUT2D eigenvalue weighted by molar-refractivity contribution is 7.99. The predicted octanol–water partition coefficient (Wildman–Crippen LogP) is 4.15. The molecule has 1 aliphatic rings. The van der Waals surface area contributed by atoms with Crippen molar-refractivity contribution in [1.29, 1.82) is 0 Å². The molecule has 0 aromatic carbocycles. The summed E-state index contributed by atoms with van der Waals surface area (Å²) in [5.41, 5.74) is 1.27. The summed E-state index contributed by atoms with van der Waals surface area (Å²) in [4.78, 5) is 25.5. The number of nitrogens with one attached hydrogen (secondary N) is 1. The first-order valence-corrected chi connectivity index (χ1v) is 11.3. The van der Waals surface area contributed by atoms with Crippen LogP contribution in [0.4, 0.5) is 5.00 Å². The van der Waals surface area contributed by atoms with Crippen molar-refractivity contribution in [2.75, 3.05) is 18.2 Å². The van der Waals surface area contributed by atoms with Crippen LogP contribution in [0.3, 0.4) is 0 Å². The maximum absolute atomic E-state index is 12.5. The van der Waals surface area contributed by atoms with Gasteiger partial charge >= 0.3 is 5.97 Å². The van der Waals surface area contributed by atoms with E-state index in [1.807, 2.05) is 13.8 Å². The Kier molecular flexibility index (Phi) is 6.77. The van der Waals surface area contributed by atoms with Crippen molar-refractivity contribution in [2.45, 2.75) is 64.1 Å². The van der Waals surface area contributed by atoms with Crippen LogP contribution in [-0.2, 0) is 16.1 Å². The lowest BCUT2D eigenvalue weighted by molar-refractivity contribution is -0.113. The van der Waals surface area contributed by atoms with Gasteiger partial charge in [-0.25, -0.2) is 4.79 Å². The maximum atomic E-state index is 12.5. The normalized spacial score (nSPS) is 14.4. The van der Waals surface area contributed by atoms with Gasteiger partial charge in [0.05, 0.1) is 18.4 Å². The number of nitrogens with zero attached hydrogens (tertiary/aromatic N) is 3. The minimum absolute atomic E-state index is 0.176. The van der Waals surface area contributed by atoms with Crippen LogP contribution >= 0.6 is 23.1 Å². The summed E-state index contributed by atoms with van der Waals surface area (Å²) < 4.78 is 6.97. The number of thioether (sulfide) groups is 1. The van der Waals surface area contributed by atoms with Gasteiger partial charge in [-0.15, -0.1) is 21.5 Å².